The van der Waals surface area contributed by atoms with Crippen molar-refractivity contribution in [3.63, 3.8) is 0 Å². The number of amides is 1. The lowest BCUT2D eigenvalue weighted by atomic mass is 10.00. The highest BCUT2D eigenvalue weighted by Crippen LogP contribution is 2.20. The Hall–Kier alpha value is -1.88. The molecule has 1 aromatic carbocycles. The van der Waals surface area contributed by atoms with Crippen LogP contribution in [0, 0.1) is 0 Å². The minimum absolute atomic E-state index is 0.0618. The second-order valence-corrected chi connectivity index (χ2v) is 3.84. The molecule has 17 heavy (non-hydrogen) atoms. The van der Waals surface area contributed by atoms with Crippen LogP contribution >= 0.6 is 0 Å². The third-order valence-corrected chi connectivity index (χ3v) is 2.50. The number of aromatic hydroxyl groups is 1. The maximum absolute atomic E-state index is 11.5. The van der Waals surface area contributed by atoms with Crippen LogP contribution in [0.5, 0.6) is 5.75 Å². The summed E-state index contributed by atoms with van der Waals surface area (Å²) in [6.45, 7) is 1.71. The number of primary amides is 1. The molecule has 0 saturated heterocycles. The van der Waals surface area contributed by atoms with Gasteiger partial charge in [0.05, 0.1) is 11.6 Å². The molecule has 1 atom stereocenters. The molecule has 0 bridgehead atoms. The fourth-order valence-corrected chi connectivity index (χ4v) is 1.48. The van der Waals surface area contributed by atoms with Gasteiger partial charge in [0.15, 0.2) is 5.78 Å². The van der Waals surface area contributed by atoms with Gasteiger partial charge in [-0.1, -0.05) is 13.0 Å². The summed E-state index contributed by atoms with van der Waals surface area (Å²) in [5, 5.41) is 9.54. The van der Waals surface area contributed by atoms with Gasteiger partial charge >= 0.3 is 0 Å². The van der Waals surface area contributed by atoms with Crippen LogP contribution in [0.3, 0.4) is 0 Å². The largest absolute Gasteiger partial charge is 0.507 e. The molecule has 0 aliphatic carbocycles. The van der Waals surface area contributed by atoms with Gasteiger partial charge in [0.2, 0.25) is 5.91 Å². The first kappa shape index (κ1) is 13.2. The standard InChI is InChI=1S/C12H16N2O3/c1-2-10(15)8-5-7(3-4-11(8)16)6-9(13)12(14)17/h3-5,9,16H,2,6,13H2,1H3,(H2,14,17)/t9-/m0/s1. The Morgan fingerprint density at radius 1 is 1.41 bits per heavy atom. The van der Waals surface area contributed by atoms with E-state index >= 15 is 0 Å². The van der Waals surface area contributed by atoms with Crippen molar-refractivity contribution >= 4 is 11.7 Å². The number of carbonyl (C=O) groups is 2. The third-order valence-electron chi connectivity index (χ3n) is 2.50. The van der Waals surface area contributed by atoms with E-state index in [4.69, 9.17) is 11.5 Å². The molecule has 0 unspecified atom stereocenters. The SMILES string of the molecule is CCC(=O)c1cc(C[C@H](N)C(N)=O)ccc1O. The molecule has 5 nitrogen and oxygen atoms in total. The molecule has 0 radical (unpaired) electrons. The van der Waals surface area contributed by atoms with Crippen LogP contribution in [0.2, 0.25) is 0 Å². The van der Waals surface area contributed by atoms with E-state index in [0.29, 0.717) is 12.0 Å². The van der Waals surface area contributed by atoms with Crippen molar-refractivity contribution in [1.29, 1.82) is 0 Å². The molecule has 0 aliphatic heterocycles. The topological polar surface area (TPSA) is 106 Å². The minimum Gasteiger partial charge on any atom is -0.507 e. The molecular formula is C12H16N2O3. The molecule has 1 amide bonds. The predicted molar refractivity (Wildman–Crippen MR) is 63.6 cm³/mol. The number of nitrogens with two attached hydrogens (primary N) is 2. The Balaban J connectivity index is 2.96. The Morgan fingerprint density at radius 2 is 2.06 bits per heavy atom. The molecule has 0 saturated carbocycles. The first-order valence-corrected chi connectivity index (χ1v) is 5.35. The third kappa shape index (κ3) is 3.29. The first-order chi connectivity index (χ1) is 7.95. The molecule has 0 fully saturated rings. The van der Waals surface area contributed by atoms with Gasteiger partial charge in [-0.25, -0.2) is 0 Å². The van der Waals surface area contributed by atoms with Gasteiger partial charge < -0.3 is 16.6 Å². The van der Waals surface area contributed by atoms with Crippen LogP contribution < -0.4 is 11.5 Å². The van der Waals surface area contributed by atoms with Crippen molar-refractivity contribution in [1.82, 2.24) is 0 Å². The second-order valence-electron chi connectivity index (χ2n) is 3.84. The van der Waals surface area contributed by atoms with Crippen LogP contribution in [-0.2, 0) is 11.2 Å². The van der Waals surface area contributed by atoms with Gasteiger partial charge in [0.1, 0.15) is 5.75 Å². The van der Waals surface area contributed by atoms with E-state index in [1.165, 1.54) is 6.07 Å². The van der Waals surface area contributed by atoms with Crippen molar-refractivity contribution in [3.05, 3.63) is 29.3 Å². The molecular weight excluding hydrogens is 220 g/mol. The Kier molecular flexibility index (Phi) is 4.23. The van der Waals surface area contributed by atoms with Crippen LogP contribution in [-0.4, -0.2) is 22.8 Å². The average Bonchev–Trinajstić information content (AvgIpc) is 2.30. The first-order valence-electron chi connectivity index (χ1n) is 5.35. The summed E-state index contributed by atoms with van der Waals surface area (Å²) in [6.07, 6.45) is 0.554. The van der Waals surface area contributed by atoms with Crippen molar-refractivity contribution in [2.75, 3.05) is 0 Å². The number of phenols is 1. The number of hydrogen-bond donors (Lipinski definition) is 3. The number of Topliss-reactive ketones (excluding diaryl/α,β-unsaturated/α-hetero) is 1. The van der Waals surface area contributed by atoms with E-state index in [1.54, 1.807) is 19.1 Å². The Bertz CT molecular complexity index is 443. The lowest BCUT2D eigenvalue weighted by molar-refractivity contribution is -0.119. The van der Waals surface area contributed by atoms with E-state index in [1.807, 2.05) is 0 Å². The van der Waals surface area contributed by atoms with Gasteiger partial charge in [0, 0.05) is 6.42 Å². The fourth-order valence-electron chi connectivity index (χ4n) is 1.48. The van der Waals surface area contributed by atoms with Gasteiger partial charge in [-0.05, 0) is 24.1 Å². The molecule has 5 N–H and O–H groups in total. The summed E-state index contributed by atoms with van der Waals surface area (Å²) < 4.78 is 0. The number of rotatable bonds is 5. The van der Waals surface area contributed by atoms with E-state index in [0.717, 1.165) is 0 Å². The van der Waals surface area contributed by atoms with E-state index in [-0.39, 0.29) is 23.5 Å². The van der Waals surface area contributed by atoms with Gasteiger partial charge in [-0.15, -0.1) is 0 Å². The van der Waals surface area contributed by atoms with Crippen molar-refractivity contribution in [2.45, 2.75) is 25.8 Å². The number of phenolic OH excluding ortho intramolecular Hbond substituents is 1. The number of ketones is 1. The average molecular weight is 236 g/mol. The molecule has 5 heteroatoms. The van der Waals surface area contributed by atoms with Crippen LogP contribution in [0.25, 0.3) is 0 Å². The smallest absolute Gasteiger partial charge is 0.234 e. The Labute approximate surface area is 99.4 Å². The minimum atomic E-state index is -0.788. The molecule has 0 spiro atoms. The number of carbonyl (C=O) groups excluding carboxylic acids is 2. The summed E-state index contributed by atoms with van der Waals surface area (Å²) in [4.78, 5) is 22.3. The zero-order valence-corrected chi connectivity index (χ0v) is 9.64. The zero-order chi connectivity index (χ0) is 13.0. The molecule has 92 valence electrons. The van der Waals surface area contributed by atoms with Gasteiger partial charge in [-0.2, -0.15) is 0 Å². The zero-order valence-electron chi connectivity index (χ0n) is 9.64. The predicted octanol–water partition coefficient (Wildman–Crippen LogP) is 0.340. The van der Waals surface area contributed by atoms with E-state index in [2.05, 4.69) is 0 Å². The van der Waals surface area contributed by atoms with Crippen molar-refractivity contribution in [3.8, 4) is 5.75 Å². The second kappa shape index (κ2) is 5.45. The fraction of sp³-hybridized carbons (Fsp3) is 0.333. The highest BCUT2D eigenvalue weighted by Gasteiger charge is 2.14. The molecule has 0 heterocycles. The monoisotopic (exact) mass is 236 g/mol. The van der Waals surface area contributed by atoms with E-state index < -0.39 is 11.9 Å². The van der Waals surface area contributed by atoms with Gasteiger partial charge in [-0.3, -0.25) is 9.59 Å². The summed E-state index contributed by atoms with van der Waals surface area (Å²) in [6, 6.07) is 3.80. The summed E-state index contributed by atoms with van der Waals surface area (Å²) >= 11 is 0. The van der Waals surface area contributed by atoms with Crippen LogP contribution in [0.4, 0.5) is 0 Å². The molecule has 0 aliphatic rings. The number of benzene rings is 1. The van der Waals surface area contributed by atoms with E-state index in [9.17, 15) is 14.7 Å². The summed E-state index contributed by atoms with van der Waals surface area (Å²) in [5.74, 6) is -0.813. The van der Waals surface area contributed by atoms with Crippen molar-refractivity contribution < 1.29 is 14.7 Å². The number of hydrogen-bond acceptors (Lipinski definition) is 4. The quantitative estimate of drug-likeness (QED) is 0.641. The maximum Gasteiger partial charge on any atom is 0.234 e. The Morgan fingerprint density at radius 3 is 2.59 bits per heavy atom. The summed E-state index contributed by atoms with van der Waals surface area (Å²) in [5.41, 5.74) is 11.5. The lowest BCUT2D eigenvalue weighted by Crippen LogP contribution is -2.38. The normalized spacial score (nSPS) is 12.1. The van der Waals surface area contributed by atoms with Crippen LogP contribution in [0.15, 0.2) is 18.2 Å². The highest BCUT2D eigenvalue weighted by molar-refractivity contribution is 5.98. The molecule has 1 rings (SSSR count). The summed E-state index contributed by atoms with van der Waals surface area (Å²) in [7, 11) is 0. The van der Waals surface area contributed by atoms with Crippen LogP contribution in [0.1, 0.15) is 29.3 Å². The highest BCUT2D eigenvalue weighted by atomic mass is 16.3. The van der Waals surface area contributed by atoms with Gasteiger partial charge in [0.25, 0.3) is 0 Å². The molecule has 1 aromatic rings. The maximum atomic E-state index is 11.5. The lowest BCUT2D eigenvalue weighted by Gasteiger charge is -2.09. The molecule has 0 aromatic heterocycles. The van der Waals surface area contributed by atoms with Crippen molar-refractivity contribution in [2.24, 2.45) is 11.5 Å².